The lowest BCUT2D eigenvalue weighted by molar-refractivity contribution is -0.0196. The first-order chi connectivity index (χ1) is 9.11. The van der Waals surface area contributed by atoms with Crippen LogP contribution in [0.15, 0.2) is 18.2 Å². The summed E-state index contributed by atoms with van der Waals surface area (Å²) < 4.78 is 31.4. The van der Waals surface area contributed by atoms with Crippen molar-refractivity contribution in [2.24, 2.45) is 0 Å². The third kappa shape index (κ3) is 3.27. The molecule has 0 radical (unpaired) electrons. The van der Waals surface area contributed by atoms with Gasteiger partial charge < -0.3 is 15.0 Å². The van der Waals surface area contributed by atoms with Crippen LogP contribution in [0.4, 0.5) is 8.78 Å². The summed E-state index contributed by atoms with van der Waals surface area (Å²) in [5.74, 6) is -2.26. The van der Waals surface area contributed by atoms with Crippen molar-refractivity contribution in [2.45, 2.75) is 6.10 Å². The number of carbonyl (C=O) groups excluding carboxylic acids is 1. The summed E-state index contributed by atoms with van der Waals surface area (Å²) in [6, 6.07) is 3.19. The van der Waals surface area contributed by atoms with Crippen LogP contribution in [0.5, 0.6) is 0 Å². The molecule has 1 saturated heterocycles. The van der Waals surface area contributed by atoms with Gasteiger partial charge in [-0.25, -0.2) is 8.78 Å². The fourth-order valence-corrected chi connectivity index (χ4v) is 2.07. The molecule has 0 spiro atoms. The van der Waals surface area contributed by atoms with Gasteiger partial charge in [0.05, 0.1) is 12.7 Å². The Morgan fingerprint density at radius 3 is 2.95 bits per heavy atom. The van der Waals surface area contributed by atoms with E-state index >= 15 is 0 Å². The minimum absolute atomic E-state index is 0.0759. The predicted molar refractivity (Wildman–Crippen MR) is 65.9 cm³/mol. The smallest absolute Gasteiger partial charge is 0.254 e. The summed E-state index contributed by atoms with van der Waals surface area (Å²) in [6.07, 6.45) is -0.0759. The van der Waals surface area contributed by atoms with Crippen LogP contribution in [-0.2, 0) is 4.74 Å². The Morgan fingerprint density at radius 2 is 2.26 bits per heavy atom. The van der Waals surface area contributed by atoms with E-state index in [1.807, 2.05) is 0 Å². The van der Waals surface area contributed by atoms with E-state index in [0.29, 0.717) is 26.2 Å². The first-order valence-electron chi connectivity index (χ1n) is 6.12. The lowest BCUT2D eigenvalue weighted by atomic mass is 10.1. The highest BCUT2D eigenvalue weighted by Gasteiger charge is 2.25. The zero-order valence-corrected chi connectivity index (χ0v) is 10.7. The zero-order valence-electron chi connectivity index (χ0n) is 10.7. The van der Waals surface area contributed by atoms with Gasteiger partial charge in [0.2, 0.25) is 0 Å². The summed E-state index contributed by atoms with van der Waals surface area (Å²) in [6.45, 7) is 1.99. The van der Waals surface area contributed by atoms with Crippen molar-refractivity contribution in [2.75, 3.05) is 33.3 Å². The first-order valence-corrected chi connectivity index (χ1v) is 6.12. The van der Waals surface area contributed by atoms with E-state index in [0.717, 1.165) is 12.1 Å². The molecule has 1 aromatic rings. The van der Waals surface area contributed by atoms with Gasteiger partial charge in [0.15, 0.2) is 11.6 Å². The van der Waals surface area contributed by atoms with Crippen LogP contribution in [-0.4, -0.2) is 50.2 Å². The van der Waals surface area contributed by atoms with E-state index in [9.17, 15) is 13.6 Å². The van der Waals surface area contributed by atoms with Crippen molar-refractivity contribution < 1.29 is 18.3 Å². The molecule has 19 heavy (non-hydrogen) atoms. The van der Waals surface area contributed by atoms with Crippen LogP contribution in [0.1, 0.15) is 10.4 Å². The number of ether oxygens (including phenoxy) is 1. The number of hydrogen-bond acceptors (Lipinski definition) is 3. The van der Waals surface area contributed by atoms with Gasteiger partial charge in [0.1, 0.15) is 0 Å². The second-order valence-electron chi connectivity index (χ2n) is 4.43. The molecule has 0 aromatic heterocycles. The second kappa shape index (κ2) is 6.08. The van der Waals surface area contributed by atoms with E-state index in [-0.39, 0.29) is 17.6 Å². The molecule has 104 valence electrons. The normalized spacial score (nSPS) is 19.5. The molecule has 1 aliphatic rings. The van der Waals surface area contributed by atoms with Crippen molar-refractivity contribution >= 4 is 5.91 Å². The molecular formula is C13H16F2N2O2. The zero-order chi connectivity index (χ0) is 13.8. The van der Waals surface area contributed by atoms with Crippen LogP contribution in [0.3, 0.4) is 0 Å². The third-order valence-corrected chi connectivity index (χ3v) is 3.02. The Kier molecular flexibility index (Phi) is 4.44. The Hall–Kier alpha value is -1.53. The monoisotopic (exact) mass is 270 g/mol. The largest absolute Gasteiger partial charge is 0.373 e. The number of hydrogen-bond donors (Lipinski definition) is 1. The van der Waals surface area contributed by atoms with Crippen LogP contribution < -0.4 is 5.32 Å². The number of halogens is 2. The summed E-state index contributed by atoms with van der Waals surface area (Å²) in [5, 5.41) is 2.98. The lowest BCUT2D eigenvalue weighted by Crippen LogP contribution is -2.48. The number of likely N-dealkylation sites (N-methyl/N-ethyl adjacent to an activating group) is 1. The molecule has 1 unspecified atom stereocenters. The average molecular weight is 270 g/mol. The number of benzene rings is 1. The topological polar surface area (TPSA) is 41.6 Å². The molecule has 1 N–H and O–H groups in total. The van der Waals surface area contributed by atoms with E-state index in [2.05, 4.69) is 5.32 Å². The van der Waals surface area contributed by atoms with Gasteiger partial charge >= 0.3 is 0 Å². The molecule has 0 aliphatic carbocycles. The van der Waals surface area contributed by atoms with E-state index < -0.39 is 11.6 Å². The Morgan fingerprint density at radius 1 is 1.47 bits per heavy atom. The maximum Gasteiger partial charge on any atom is 0.254 e. The molecule has 0 bridgehead atoms. The van der Waals surface area contributed by atoms with Gasteiger partial charge in [-0.3, -0.25) is 4.79 Å². The molecule has 1 fully saturated rings. The highest BCUT2D eigenvalue weighted by Crippen LogP contribution is 2.13. The molecule has 1 aliphatic heterocycles. The number of morpholine rings is 1. The van der Waals surface area contributed by atoms with Gasteiger partial charge in [-0.05, 0) is 25.2 Å². The summed E-state index contributed by atoms with van der Waals surface area (Å²) >= 11 is 0. The molecule has 6 heteroatoms. The molecular weight excluding hydrogens is 254 g/mol. The van der Waals surface area contributed by atoms with Crippen molar-refractivity contribution in [3.63, 3.8) is 0 Å². The third-order valence-electron chi connectivity index (χ3n) is 3.02. The predicted octanol–water partition coefficient (Wildman–Crippen LogP) is 1.03. The minimum Gasteiger partial charge on any atom is -0.373 e. The molecule has 1 heterocycles. The van der Waals surface area contributed by atoms with Crippen LogP contribution >= 0.6 is 0 Å². The first kappa shape index (κ1) is 13.9. The van der Waals surface area contributed by atoms with Gasteiger partial charge in [-0.1, -0.05) is 0 Å². The van der Waals surface area contributed by atoms with Crippen molar-refractivity contribution in [3.8, 4) is 0 Å². The van der Waals surface area contributed by atoms with Gasteiger partial charge in [0.25, 0.3) is 5.91 Å². The molecule has 0 saturated carbocycles. The summed E-state index contributed by atoms with van der Waals surface area (Å²) in [4.78, 5) is 13.8. The maximum atomic E-state index is 13.1. The van der Waals surface area contributed by atoms with E-state index in [1.165, 1.54) is 6.07 Å². The van der Waals surface area contributed by atoms with Crippen molar-refractivity contribution in [3.05, 3.63) is 35.4 Å². The molecule has 1 aromatic carbocycles. The standard InChI is InChI=1S/C13H16F2N2O2/c1-16-7-10-8-17(4-5-19-10)13(18)9-2-3-11(14)12(15)6-9/h2-3,6,10,16H,4-5,7-8H2,1H3. The van der Waals surface area contributed by atoms with Crippen LogP contribution in [0, 0.1) is 11.6 Å². The van der Waals surface area contributed by atoms with Gasteiger partial charge in [-0.15, -0.1) is 0 Å². The highest BCUT2D eigenvalue weighted by molar-refractivity contribution is 5.94. The van der Waals surface area contributed by atoms with E-state index in [1.54, 1.807) is 11.9 Å². The number of amides is 1. The number of carbonyl (C=O) groups is 1. The quantitative estimate of drug-likeness (QED) is 0.892. The van der Waals surface area contributed by atoms with Crippen LogP contribution in [0.25, 0.3) is 0 Å². The minimum atomic E-state index is -1.01. The van der Waals surface area contributed by atoms with Gasteiger partial charge in [0, 0.05) is 25.2 Å². The summed E-state index contributed by atoms with van der Waals surface area (Å²) in [7, 11) is 1.81. The molecule has 4 nitrogen and oxygen atoms in total. The molecule has 1 atom stereocenters. The Labute approximate surface area is 110 Å². The van der Waals surface area contributed by atoms with Gasteiger partial charge in [-0.2, -0.15) is 0 Å². The van der Waals surface area contributed by atoms with Crippen molar-refractivity contribution in [1.82, 2.24) is 10.2 Å². The molecule has 1 amide bonds. The average Bonchev–Trinajstić information content (AvgIpc) is 2.42. The maximum absolute atomic E-state index is 13.1. The Balaban J connectivity index is 2.08. The van der Waals surface area contributed by atoms with Crippen LogP contribution in [0.2, 0.25) is 0 Å². The SMILES string of the molecule is CNCC1CN(C(=O)c2ccc(F)c(F)c2)CCO1. The number of nitrogens with zero attached hydrogens (tertiary/aromatic N) is 1. The highest BCUT2D eigenvalue weighted by atomic mass is 19.2. The fourth-order valence-electron chi connectivity index (χ4n) is 2.07. The summed E-state index contributed by atoms with van der Waals surface area (Å²) in [5.41, 5.74) is 0.156. The molecule has 2 rings (SSSR count). The lowest BCUT2D eigenvalue weighted by Gasteiger charge is -2.33. The number of rotatable bonds is 3. The second-order valence-corrected chi connectivity index (χ2v) is 4.43. The Bertz CT molecular complexity index is 466. The fraction of sp³-hybridized carbons (Fsp3) is 0.462. The van der Waals surface area contributed by atoms with E-state index in [4.69, 9.17) is 4.74 Å². The number of nitrogens with one attached hydrogen (secondary N) is 1. The van der Waals surface area contributed by atoms with Crippen molar-refractivity contribution in [1.29, 1.82) is 0 Å².